The zero-order chi connectivity index (χ0) is 19.3. The molecule has 0 spiro atoms. The molecule has 5 rings (SSSR count). The summed E-state index contributed by atoms with van der Waals surface area (Å²) >= 11 is 6.39. The summed E-state index contributed by atoms with van der Waals surface area (Å²) in [5.74, 6) is 0.837. The Labute approximate surface area is 164 Å². The van der Waals surface area contributed by atoms with Crippen molar-refractivity contribution in [1.29, 1.82) is 0 Å². The molecule has 0 saturated heterocycles. The minimum Gasteiger partial charge on any atom is -0.495 e. The first-order valence-electron chi connectivity index (χ1n) is 8.46. The molecule has 0 unspecified atom stereocenters. The van der Waals surface area contributed by atoms with Gasteiger partial charge in [0.05, 0.1) is 35.3 Å². The summed E-state index contributed by atoms with van der Waals surface area (Å²) in [5, 5.41) is 3.44. The lowest BCUT2D eigenvalue weighted by Gasteiger charge is -2.09. The summed E-state index contributed by atoms with van der Waals surface area (Å²) < 4.78 is 19.9. The van der Waals surface area contributed by atoms with Crippen LogP contribution >= 0.6 is 11.6 Å². The predicted octanol–water partition coefficient (Wildman–Crippen LogP) is 5.06. The fourth-order valence-corrected chi connectivity index (χ4v) is 3.65. The Morgan fingerprint density at radius 1 is 1.11 bits per heavy atom. The fraction of sp³-hybridized carbons (Fsp3) is 0.0500. The Hall–Kier alpha value is -3.45. The zero-order valence-electron chi connectivity index (χ0n) is 14.6. The number of ether oxygens (including phenoxy) is 1. The molecule has 28 heavy (non-hydrogen) atoms. The highest BCUT2D eigenvalue weighted by atomic mass is 35.5. The van der Waals surface area contributed by atoms with Crippen molar-refractivity contribution in [3.05, 3.63) is 59.8 Å². The van der Waals surface area contributed by atoms with Gasteiger partial charge >= 0.3 is 0 Å². The van der Waals surface area contributed by atoms with Gasteiger partial charge in [-0.3, -0.25) is 4.98 Å². The number of fused-ring (bicyclic) bond motifs is 5. The quantitative estimate of drug-likeness (QED) is 0.438. The fourth-order valence-electron chi connectivity index (χ4n) is 3.33. The van der Waals surface area contributed by atoms with E-state index in [1.165, 1.54) is 19.2 Å². The van der Waals surface area contributed by atoms with E-state index in [2.05, 4.69) is 25.3 Å². The Bertz CT molecular complexity index is 1160. The number of hydrogen-bond donors (Lipinski definition) is 2. The number of rotatable bonds is 2. The summed E-state index contributed by atoms with van der Waals surface area (Å²) in [6.45, 7) is 0. The molecule has 2 N–H and O–H groups in total. The van der Waals surface area contributed by atoms with Gasteiger partial charge in [-0.05, 0) is 30.3 Å². The maximum absolute atomic E-state index is 14.7. The van der Waals surface area contributed by atoms with Crippen molar-refractivity contribution in [1.82, 2.24) is 19.9 Å². The van der Waals surface area contributed by atoms with Gasteiger partial charge in [-0.25, -0.2) is 14.4 Å². The molecule has 3 aromatic heterocycles. The number of methoxy groups -OCH3 is 1. The van der Waals surface area contributed by atoms with Gasteiger partial charge in [0.15, 0.2) is 0 Å². The van der Waals surface area contributed by atoms with E-state index < -0.39 is 5.82 Å². The van der Waals surface area contributed by atoms with Gasteiger partial charge in [0.1, 0.15) is 28.9 Å². The van der Waals surface area contributed by atoms with Crippen LogP contribution in [0.5, 0.6) is 5.75 Å². The monoisotopic (exact) mass is 393 g/mol. The molecule has 0 fully saturated rings. The third kappa shape index (κ3) is 2.44. The minimum absolute atomic E-state index is 0.156. The van der Waals surface area contributed by atoms with E-state index in [4.69, 9.17) is 16.3 Å². The molecule has 0 amide bonds. The SMILES string of the molecule is COc1ccc(F)c(-c2nc3c([nH]2)-c2ccncc2Nc2ncccc2-3)c1Cl. The van der Waals surface area contributed by atoms with Crippen LogP contribution in [0.3, 0.4) is 0 Å². The smallest absolute Gasteiger partial charge is 0.143 e. The van der Waals surface area contributed by atoms with E-state index in [1.54, 1.807) is 18.6 Å². The number of aromatic nitrogens is 4. The van der Waals surface area contributed by atoms with Crippen LogP contribution in [0, 0.1) is 5.82 Å². The summed E-state index contributed by atoms with van der Waals surface area (Å²) in [5.41, 5.74) is 3.94. The molecule has 0 aliphatic carbocycles. The van der Waals surface area contributed by atoms with E-state index in [-0.39, 0.29) is 10.6 Å². The summed E-state index contributed by atoms with van der Waals surface area (Å²) in [6, 6.07) is 8.38. The van der Waals surface area contributed by atoms with Gasteiger partial charge in [0.2, 0.25) is 0 Å². The van der Waals surface area contributed by atoms with Gasteiger partial charge in [-0.1, -0.05) is 11.6 Å². The van der Waals surface area contributed by atoms with E-state index >= 15 is 0 Å². The molecule has 4 aromatic rings. The first-order chi connectivity index (χ1) is 13.7. The molecular weight excluding hydrogens is 381 g/mol. The number of aromatic amines is 1. The number of hydrogen-bond acceptors (Lipinski definition) is 5. The summed E-state index contributed by atoms with van der Waals surface area (Å²) in [4.78, 5) is 16.5. The number of halogens is 2. The lowest BCUT2D eigenvalue weighted by molar-refractivity contribution is 0.414. The van der Waals surface area contributed by atoms with Crippen LogP contribution in [0.4, 0.5) is 15.9 Å². The molecule has 6 nitrogen and oxygen atoms in total. The minimum atomic E-state index is -0.491. The zero-order valence-corrected chi connectivity index (χ0v) is 15.4. The van der Waals surface area contributed by atoms with Crippen molar-refractivity contribution in [3.63, 3.8) is 0 Å². The first kappa shape index (κ1) is 16.7. The van der Waals surface area contributed by atoms with Crippen molar-refractivity contribution < 1.29 is 9.13 Å². The molecule has 4 heterocycles. The average Bonchev–Trinajstić information content (AvgIpc) is 3.08. The highest BCUT2D eigenvalue weighted by molar-refractivity contribution is 6.34. The topological polar surface area (TPSA) is 75.7 Å². The highest BCUT2D eigenvalue weighted by Crippen LogP contribution is 2.44. The lowest BCUT2D eigenvalue weighted by atomic mass is 10.1. The maximum Gasteiger partial charge on any atom is 0.143 e. The standard InChI is InChI=1S/C20H13ClFN5O/c1-28-14-5-4-12(22)15(16(14)21)20-26-17-10-6-8-23-9-13(10)25-19-11(18(17)27-20)3-2-7-24-19/h2-9H,1H3,(H,24,25)(H,26,27). The van der Waals surface area contributed by atoms with E-state index in [0.29, 0.717) is 23.1 Å². The molecule has 138 valence electrons. The molecule has 1 aliphatic rings. The van der Waals surface area contributed by atoms with Crippen LogP contribution in [0.2, 0.25) is 5.02 Å². The Morgan fingerprint density at radius 2 is 2.00 bits per heavy atom. The number of pyridine rings is 2. The molecule has 0 bridgehead atoms. The third-order valence-corrected chi connectivity index (χ3v) is 5.00. The molecule has 1 aromatic carbocycles. The largest absolute Gasteiger partial charge is 0.495 e. The van der Waals surface area contributed by atoms with Gasteiger partial charge in [0, 0.05) is 23.5 Å². The number of anilines is 2. The molecule has 1 aliphatic heterocycles. The van der Waals surface area contributed by atoms with Crippen molar-refractivity contribution in [2.24, 2.45) is 0 Å². The summed E-state index contributed by atoms with van der Waals surface area (Å²) in [7, 11) is 1.48. The van der Waals surface area contributed by atoms with Crippen LogP contribution in [-0.2, 0) is 0 Å². The van der Waals surface area contributed by atoms with Crippen molar-refractivity contribution >= 4 is 23.1 Å². The van der Waals surface area contributed by atoms with Crippen LogP contribution in [0.1, 0.15) is 0 Å². The molecule has 0 saturated carbocycles. The number of nitrogens with one attached hydrogen (secondary N) is 2. The average molecular weight is 394 g/mol. The van der Waals surface area contributed by atoms with Crippen LogP contribution in [0.15, 0.2) is 48.9 Å². The van der Waals surface area contributed by atoms with E-state index in [9.17, 15) is 4.39 Å². The second-order valence-electron chi connectivity index (χ2n) is 6.19. The number of imidazole rings is 1. The Balaban J connectivity index is 1.81. The Kier molecular flexibility index (Phi) is 3.77. The normalized spacial score (nSPS) is 11.7. The number of benzene rings is 1. The first-order valence-corrected chi connectivity index (χ1v) is 8.84. The van der Waals surface area contributed by atoms with Crippen molar-refractivity contribution in [3.8, 4) is 39.7 Å². The predicted molar refractivity (Wildman–Crippen MR) is 105 cm³/mol. The second kappa shape index (κ2) is 6.31. The Morgan fingerprint density at radius 3 is 2.86 bits per heavy atom. The van der Waals surface area contributed by atoms with Gasteiger partial charge in [-0.2, -0.15) is 0 Å². The molecular formula is C20H13ClFN5O. The summed E-state index contributed by atoms with van der Waals surface area (Å²) in [6.07, 6.45) is 5.09. The van der Waals surface area contributed by atoms with E-state index in [1.807, 2.05) is 18.2 Å². The molecule has 0 radical (unpaired) electrons. The van der Waals surface area contributed by atoms with Crippen LogP contribution < -0.4 is 10.1 Å². The van der Waals surface area contributed by atoms with Crippen LogP contribution in [-0.4, -0.2) is 27.0 Å². The number of nitrogens with zero attached hydrogens (tertiary/aromatic N) is 3. The van der Waals surface area contributed by atoms with Gasteiger partial charge in [0.25, 0.3) is 0 Å². The van der Waals surface area contributed by atoms with Crippen LogP contribution in [0.25, 0.3) is 33.9 Å². The van der Waals surface area contributed by atoms with Gasteiger partial charge in [-0.15, -0.1) is 0 Å². The van der Waals surface area contributed by atoms with Crippen molar-refractivity contribution in [2.75, 3.05) is 12.4 Å². The van der Waals surface area contributed by atoms with Crippen molar-refractivity contribution in [2.45, 2.75) is 0 Å². The third-order valence-electron chi connectivity index (χ3n) is 4.62. The van der Waals surface area contributed by atoms with E-state index in [0.717, 1.165) is 22.5 Å². The van der Waals surface area contributed by atoms with Gasteiger partial charge < -0.3 is 15.0 Å². The maximum atomic E-state index is 14.7. The number of H-pyrrole nitrogens is 1. The lowest BCUT2D eigenvalue weighted by Crippen LogP contribution is -1.96. The second-order valence-corrected chi connectivity index (χ2v) is 6.57. The highest BCUT2D eigenvalue weighted by Gasteiger charge is 2.26. The molecule has 0 atom stereocenters. The molecule has 8 heteroatoms.